The van der Waals surface area contributed by atoms with E-state index in [-0.39, 0.29) is 10.6 Å². The highest BCUT2D eigenvalue weighted by atomic mass is 32.2. The van der Waals surface area contributed by atoms with Crippen LogP contribution in [-0.4, -0.2) is 16.8 Å². The number of nitrogens with one attached hydrogen (secondary N) is 2. The van der Waals surface area contributed by atoms with Gasteiger partial charge >= 0.3 is 0 Å². The van der Waals surface area contributed by atoms with E-state index in [9.17, 15) is 16.8 Å². The van der Waals surface area contributed by atoms with E-state index in [2.05, 4.69) is 9.44 Å². The van der Waals surface area contributed by atoms with Gasteiger partial charge in [-0.15, -0.1) is 0 Å². The van der Waals surface area contributed by atoms with Crippen molar-refractivity contribution in [2.45, 2.75) is 31.4 Å². The predicted octanol–water partition coefficient (Wildman–Crippen LogP) is 4.35. The Balaban J connectivity index is 1.75. The SMILES string of the molecule is Cc1cccc(CS(=O)(=O)Nc2ccc(S(=O)(=O)Nc3c(C)cccc3C)cc2)c1. The zero-order valence-corrected chi connectivity index (χ0v) is 18.6. The van der Waals surface area contributed by atoms with Gasteiger partial charge in [0.05, 0.1) is 16.3 Å². The molecule has 0 spiro atoms. The van der Waals surface area contributed by atoms with Crippen LogP contribution in [0.15, 0.2) is 71.6 Å². The van der Waals surface area contributed by atoms with Crippen LogP contribution < -0.4 is 9.44 Å². The zero-order valence-electron chi connectivity index (χ0n) is 17.0. The summed E-state index contributed by atoms with van der Waals surface area (Å²) in [7, 11) is -7.43. The van der Waals surface area contributed by atoms with Crippen LogP contribution in [0, 0.1) is 20.8 Å². The Morgan fingerprint density at radius 1 is 0.733 bits per heavy atom. The molecule has 0 aliphatic rings. The minimum atomic E-state index is -3.80. The average molecular weight is 445 g/mol. The largest absolute Gasteiger partial charge is 0.283 e. The summed E-state index contributed by atoms with van der Waals surface area (Å²) in [4.78, 5) is 0.0479. The van der Waals surface area contributed by atoms with Crippen molar-refractivity contribution in [3.05, 3.63) is 89.0 Å². The van der Waals surface area contributed by atoms with Crippen LogP contribution in [0.25, 0.3) is 0 Å². The summed E-state index contributed by atoms with van der Waals surface area (Å²) in [5.74, 6) is -0.164. The minimum Gasteiger partial charge on any atom is -0.283 e. The first kappa shape index (κ1) is 21.9. The molecule has 158 valence electrons. The molecule has 0 atom stereocenters. The van der Waals surface area contributed by atoms with Gasteiger partial charge in [-0.1, -0.05) is 48.0 Å². The Labute approximate surface area is 178 Å². The van der Waals surface area contributed by atoms with Crippen molar-refractivity contribution in [2.24, 2.45) is 0 Å². The summed E-state index contributed by atoms with van der Waals surface area (Å²) in [5.41, 5.74) is 4.14. The van der Waals surface area contributed by atoms with Crippen molar-refractivity contribution >= 4 is 31.4 Å². The van der Waals surface area contributed by atoms with Gasteiger partial charge < -0.3 is 0 Å². The third-order valence-corrected chi connectivity index (χ3v) is 7.22. The second kappa shape index (κ2) is 8.49. The topological polar surface area (TPSA) is 92.3 Å². The molecule has 0 fully saturated rings. The highest BCUT2D eigenvalue weighted by molar-refractivity contribution is 7.92. The van der Waals surface area contributed by atoms with Crippen molar-refractivity contribution in [3.63, 3.8) is 0 Å². The van der Waals surface area contributed by atoms with Gasteiger partial charge in [0.1, 0.15) is 0 Å². The Bertz CT molecular complexity index is 1250. The fourth-order valence-electron chi connectivity index (χ4n) is 3.11. The Morgan fingerprint density at radius 3 is 1.93 bits per heavy atom. The number of para-hydroxylation sites is 1. The lowest BCUT2D eigenvalue weighted by molar-refractivity contribution is 0.599. The third kappa shape index (κ3) is 5.40. The van der Waals surface area contributed by atoms with E-state index >= 15 is 0 Å². The van der Waals surface area contributed by atoms with Gasteiger partial charge in [0, 0.05) is 5.69 Å². The van der Waals surface area contributed by atoms with E-state index in [4.69, 9.17) is 0 Å². The van der Waals surface area contributed by atoms with Crippen molar-refractivity contribution < 1.29 is 16.8 Å². The average Bonchev–Trinajstić information content (AvgIpc) is 2.64. The second-order valence-electron chi connectivity index (χ2n) is 7.25. The number of hydrogen-bond acceptors (Lipinski definition) is 4. The second-order valence-corrected chi connectivity index (χ2v) is 10.7. The normalized spacial score (nSPS) is 11.8. The minimum absolute atomic E-state index is 0.0479. The van der Waals surface area contributed by atoms with Gasteiger partial charge in [0.25, 0.3) is 10.0 Å². The Morgan fingerprint density at radius 2 is 1.33 bits per heavy atom. The molecule has 0 unspecified atom stereocenters. The molecular formula is C22H24N2O4S2. The lowest BCUT2D eigenvalue weighted by atomic mass is 10.1. The maximum absolute atomic E-state index is 12.7. The maximum atomic E-state index is 12.7. The monoisotopic (exact) mass is 444 g/mol. The smallest absolute Gasteiger partial charge is 0.261 e. The number of sulfonamides is 2. The lowest BCUT2D eigenvalue weighted by Gasteiger charge is -2.14. The molecule has 0 aliphatic carbocycles. The highest BCUT2D eigenvalue weighted by Crippen LogP contribution is 2.24. The Hall–Kier alpha value is -2.84. The molecule has 2 N–H and O–H groups in total. The van der Waals surface area contributed by atoms with Crippen LogP contribution >= 0.6 is 0 Å². The molecule has 6 nitrogen and oxygen atoms in total. The molecule has 0 radical (unpaired) electrons. The molecule has 0 saturated heterocycles. The number of anilines is 2. The number of benzene rings is 3. The molecule has 0 bridgehead atoms. The van der Waals surface area contributed by atoms with Crippen LogP contribution in [-0.2, 0) is 25.8 Å². The first-order chi connectivity index (χ1) is 14.1. The molecule has 0 amide bonds. The van der Waals surface area contributed by atoms with Gasteiger partial charge in [0.15, 0.2) is 0 Å². The van der Waals surface area contributed by atoms with E-state index in [0.717, 1.165) is 16.7 Å². The fraction of sp³-hybridized carbons (Fsp3) is 0.182. The van der Waals surface area contributed by atoms with Gasteiger partial charge in [-0.05, 0) is 61.7 Å². The van der Waals surface area contributed by atoms with Gasteiger partial charge in [-0.25, -0.2) is 16.8 Å². The maximum Gasteiger partial charge on any atom is 0.261 e. The van der Waals surface area contributed by atoms with E-state index < -0.39 is 20.0 Å². The van der Waals surface area contributed by atoms with Crippen molar-refractivity contribution in [1.29, 1.82) is 0 Å². The zero-order chi connectivity index (χ0) is 21.9. The molecule has 8 heteroatoms. The molecule has 0 heterocycles. The van der Waals surface area contributed by atoms with Crippen molar-refractivity contribution in [3.8, 4) is 0 Å². The molecule has 3 aromatic rings. The van der Waals surface area contributed by atoms with Gasteiger partial charge in [-0.2, -0.15) is 0 Å². The van der Waals surface area contributed by atoms with E-state index in [1.54, 1.807) is 6.07 Å². The molecular weight excluding hydrogens is 420 g/mol. The van der Waals surface area contributed by atoms with Gasteiger partial charge in [-0.3, -0.25) is 9.44 Å². The standard InChI is InChI=1S/C22H24N2O4S2/c1-16-6-4-9-19(14-16)15-29(25,26)23-20-10-12-21(13-11-20)30(27,28)24-22-17(2)7-5-8-18(22)3/h4-14,23-24H,15H2,1-3H3. The number of hydrogen-bond donors (Lipinski definition) is 2. The highest BCUT2D eigenvalue weighted by Gasteiger charge is 2.17. The van der Waals surface area contributed by atoms with Crippen LogP contribution in [0.2, 0.25) is 0 Å². The fourth-order valence-corrected chi connectivity index (χ4v) is 5.50. The van der Waals surface area contributed by atoms with Crippen LogP contribution in [0.4, 0.5) is 11.4 Å². The van der Waals surface area contributed by atoms with E-state index in [1.165, 1.54) is 24.3 Å². The van der Waals surface area contributed by atoms with Crippen LogP contribution in [0.5, 0.6) is 0 Å². The summed E-state index contributed by atoms with van der Waals surface area (Å²) in [6.45, 7) is 5.56. The molecule has 0 aromatic heterocycles. The first-order valence-electron chi connectivity index (χ1n) is 9.31. The molecule has 3 aromatic carbocycles. The van der Waals surface area contributed by atoms with E-state index in [1.807, 2.05) is 57.2 Å². The van der Waals surface area contributed by atoms with Crippen LogP contribution in [0.1, 0.15) is 22.3 Å². The quantitative estimate of drug-likeness (QED) is 0.566. The molecule has 3 rings (SSSR count). The summed E-state index contributed by atoms with van der Waals surface area (Å²) in [6.07, 6.45) is 0. The predicted molar refractivity (Wildman–Crippen MR) is 121 cm³/mol. The van der Waals surface area contributed by atoms with Crippen molar-refractivity contribution in [2.75, 3.05) is 9.44 Å². The van der Waals surface area contributed by atoms with E-state index in [0.29, 0.717) is 16.9 Å². The first-order valence-corrected chi connectivity index (χ1v) is 12.4. The summed E-state index contributed by atoms with van der Waals surface area (Å²) in [6, 6.07) is 18.4. The summed E-state index contributed by atoms with van der Waals surface area (Å²) >= 11 is 0. The summed E-state index contributed by atoms with van der Waals surface area (Å²) in [5, 5.41) is 0. The molecule has 30 heavy (non-hydrogen) atoms. The van der Waals surface area contributed by atoms with Crippen molar-refractivity contribution in [1.82, 2.24) is 0 Å². The van der Waals surface area contributed by atoms with Crippen LogP contribution in [0.3, 0.4) is 0 Å². The summed E-state index contributed by atoms with van der Waals surface area (Å²) < 4.78 is 55.4. The molecule has 0 aliphatic heterocycles. The lowest BCUT2D eigenvalue weighted by Crippen LogP contribution is -2.16. The number of aryl methyl sites for hydroxylation is 3. The Kier molecular flexibility index (Phi) is 6.19. The third-order valence-electron chi connectivity index (χ3n) is 4.59. The molecule has 0 saturated carbocycles. The number of rotatable bonds is 7. The van der Waals surface area contributed by atoms with Gasteiger partial charge in [0.2, 0.25) is 10.0 Å².